The van der Waals surface area contributed by atoms with Crippen LogP contribution in [0.15, 0.2) is 28.7 Å². The van der Waals surface area contributed by atoms with Crippen LogP contribution in [0.1, 0.15) is 24.8 Å². The number of hydrogen-bond donors (Lipinski definition) is 1. The van der Waals surface area contributed by atoms with Crippen LogP contribution in [-0.4, -0.2) is 24.2 Å². The van der Waals surface area contributed by atoms with E-state index in [1.807, 2.05) is 0 Å². The van der Waals surface area contributed by atoms with E-state index >= 15 is 0 Å². The fourth-order valence-electron chi connectivity index (χ4n) is 1.67. The Labute approximate surface area is 113 Å². The highest BCUT2D eigenvalue weighted by Gasteiger charge is 2.02. The van der Waals surface area contributed by atoms with Crippen molar-refractivity contribution in [1.82, 2.24) is 4.90 Å². The molecule has 0 unspecified atom stereocenters. The van der Waals surface area contributed by atoms with E-state index in [9.17, 15) is 0 Å². The van der Waals surface area contributed by atoms with Crippen LogP contribution in [0.3, 0.4) is 0 Å². The zero-order chi connectivity index (χ0) is 11.8. The maximum atomic E-state index is 4.22. The lowest BCUT2D eigenvalue weighted by molar-refractivity contribution is 0.318. The minimum atomic E-state index is 1.01. The lowest BCUT2D eigenvalue weighted by Gasteiger charge is -2.17. The van der Waals surface area contributed by atoms with Gasteiger partial charge in [-0.1, -0.05) is 40.5 Å². The average Bonchev–Trinajstić information content (AvgIpc) is 2.28. The molecule has 0 saturated carbocycles. The Morgan fingerprint density at radius 2 is 1.94 bits per heavy atom. The second-order valence-corrected chi connectivity index (χ2v) is 5.42. The summed E-state index contributed by atoms with van der Waals surface area (Å²) in [4.78, 5) is 2.37. The molecule has 1 nitrogen and oxygen atoms in total. The lowest BCUT2D eigenvalue weighted by atomic mass is 10.2. The van der Waals surface area contributed by atoms with Gasteiger partial charge in [-0.3, -0.25) is 0 Å². The fourth-order valence-corrected chi connectivity index (χ4v) is 2.30. The Morgan fingerprint density at radius 3 is 2.62 bits per heavy atom. The van der Waals surface area contributed by atoms with E-state index < -0.39 is 0 Å². The molecule has 1 aromatic rings. The van der Waals surface area contributed by atoms with Gasteiger partial charge in [-0.05, 0) is 43.8 Å². The van der Waals surface area contributed by atoms with Gasteiger partial charge in [-0.25, -0.2) is 0 Å². The summed E-state index contributed by atoms with van der Waals surface area (Å²) in [5, 5.41) is 0. The van der Waals surface area contributed by atoms with Crippen LogP contribution in [0.25, 0.3) is 0 Å². The van der Waals surface area contributed by atoms with Crippen LogP contribution < -0.4 is 0 Å². The highest BCUT2D eigenvalue weighted by Crippen LogP contribution is 2.17. The molecule has 0 bridgehead atoms. The van der Waals surface area contributed by atoms with E-state index in [1.54, 1.807) is 0 Å². The van der Waals surface area contributed by atoms with Gasteiger partial charge >= 0.3 is 0 Å². The van der Waals surface area contributed by atoms with Crippen LogP contribution in [0, 0.1) is 0 Å². The van der Waals surface area contributed by atoms with Gasteiger partial charge < -0.3 is 4.90 Å². The molecule has 0 saturated heterocycles. The topological polar surface area (TPSA) is 3.24 Å². The molecule has 0 amide bonds. The molecule has 0 aliphatic carbocycles. The predicted octanol–water partition coefficient (Wildman–Crippen LogP) is 3.98. The Bertz CT molecular complexity index is 304. The minimum absolute atomic E-state index is 1.01. The van der Waals surface area contributed by atoms with Crippen molar-refractivity contribution in [2.75, 3.05) is 19.3 Å². The quantitative estimate of drug-likeness (QED) is 0.589. The number of rotatable bonds is 7. The van der Waals surface area contributed by atoms with E-state index in [0.29, 0.717) is 0 Å². The van der Waals surface area contributed by atoms with Crippen molar-refractivity contribution in [2.45, 2.75) is 25.8 Å². The van der Waals surface area contributed by atoms with Gasteiger partial charge in [0, 0.05) is 11.0 Å². The molecule has 0 atom stereocenters. The Morgan fingerprint density at radius 1 is 1.19 bits per heavy atom. The van der Waals surface area contributed by atoms with E-state index in [4.69, 9.17) is 0 Å². The van der Waals surface area contributed by atoms with Crippen LogP contribution in [-0.2, 0) is 6.54 Å². The first-order chi connectivity index (χ1) is 7.74. The summed E-state index contributed by atoms with van der Waals surface area (Å²) in [6, 6.07) is 8.42. The summed E-state index contributed by atoms with van der Waals surface area (Å²) >= 11 is 7.80. The third-order valence-corrected chi connectivity index (χ3v) is 3.69. The molecule has 1 rings (SSSR count). The van der Waals surface area contributed by atoms with E-state index in [2.05, 4.69) is 64.8 Å². The van der Waals surface area contributed by atoms with Gasteiger partial charge in [0.1, 0.15) is 0 Å². The summed E-state index contributed by atoms with van der Waals surface area (Å²) in [6.45, 7) is 2.18. The van der Waals surface area contributed by atoms with Crippen LogP contribution >= 0.6 is 28.6 Å². The molecule has 0 N–H and O–H groups in total. The Hall–Kier alpha value is 0.01000. The monoisotopic (exact) mass is 301 g/mol. The number of benzene rings is 1. The zero-order valence-electron chi connectivity index (χ0n) is 9.82. The fraction of sp³-hybridized carbons (Fsp3) is 0.538. The molecular formula is C13H20BrNS. The molecule has 0 fully saturated rings. The van der Waals surface area contributed by atoms with Crippen molar-refractivity contribution < 1.29 is 0 Å². The van der Waals surface area contributed by atoms with Gasteiger partial charge in [0.05, 0.1) is 0 Å². The zero-order valence-corrected chi connectivity index (χ0v) is 12.3. The molecule has 90 valence electrons. The molecule has 16 heavy (non-hydrogen) atoms. The van der Waals surface area contributed by atoms with E-state index in [0.717, 1.165) is 18.8 Å². The Balaban J connectivity index is 2.28. The standard InChI is InChI=1S/C13H20BrNS/c1-15(9-5-2-6-10-16)11-12-7-3-4-8-13(12)14/h3-4,7-8,16H,2,5-6,9-11H2,1H3. The highest BCUT2D eigenvalue weighted by molar-refractivity contribution is 9.10. The van der Waals surface area contributed by atoms with Gasteiger partial charge in [0.15, 0.2) is 0 Å². The van der Waals surface area contributed by atoms with Gasteiger partial charge in [-0.2, -0.15) is 12.6 Å². The molecule has 0 aliphatic heterocycles. The number of thiol groups is 1. The first kappa shape index (κ1) is 14.1. The van der Waals surface area contributed by atoms with Crippen molar-refractivity contribution in [2.24, 2.45) is 0 Å². The van der Waals surface area contributed by atoms with Gasteiger partial charge in [0.2, 0.25) is 0 Å². The lowest BCUT2D eigenvalue weighted by Crippen LogP contribution is -2.19. The summed E-state index contributed by atoms with van der Waals surface area (Å²) in [6.07, 6.45) is 3.78. The minimum Gasteiger partial charge on any atom is -0.302 e. The summed E-state index contributed by atoms with van der Waals surface area (Å²) < 4.78 is 1.21. The van der Waals surface area contributed by atoms with Crippen LogP contribution in [0.4, 0.5) is 0 Å². The molecule has 0 heterocycles. The van der Waals surface area contributed by atoms with Crippen molar-refractivity contribution >= 4 is 28.6 Å². The molecular weight excluding hydrogens is 282 g/mol. The number of hydrogen-bond acceptors (Lipinski definition) is 2. The predicted molar refractivity (Wildman–Crippen MR) is 78.2 cm³/mol. The molecule has 0 aliphatic rings. The molecule has 0 spiro atoms. The molecule has 1 aromatic carbocycles. The van der Waals surface area contributed by atoms with Crippen LogP contribution in [0.5, 0.6) is 0 Å². The largest absolute Gasteiger partial charge is 0.302 e. The van der Waals surface area contributed by atoms with E-state index in [-0.39, 0.29) is 0 Å². The second kappa shape index (κ2) is 8.15. The van der Waals surface area contributed by atoms with Crippen molar-refractivity contribution in [3.8, 4) is 0 Å². The molecule has 0 radical (unpaired) electrons. The number of halogens is 1. The first-order valence-corrected chi connectivity index (χ1v) is 7.19. The second-order valence-electron chi connectivity index (χ2n) is 4.11. The third kappa shape index (κ3) is 5.37. The highest BCUT2D eigenvalue weighted by atomic mass is 79.9. The van der Waals surface area contributed by atoms with E-state index in [1.165, 1.54) is 29.3 Å². The average molecular weight is 302 g/mol. The molecule has 3 heteroatoms. The first-order valence-electron chi connectivity index (χ1n) is 5.77. The third-order valence-electron chi connectivity index (χ3n) is 2.60. The molecule has 0 aromatic heterocycles. The maximum Gasteiger partial charge on any atom is 0.0241 e. The van der Waals surface area contributed by atoms with Crippen molar-refractivity contribution in [1.29, 1.82) is 0 Å². The normalized spacial score (nSPS) is 11.0. The SMILES string of the molecule is CN(CCCCCS)Cc1ccccc1Br. The summed E-state index contributed by atoms with van der Waals surface area (Å²) in [5.41, 5.74) is 1.36. The number of unbranched alkanes of at least 4 members (excludes halogenated alkanes) is 2. The Kier molecular flexibility index (Phi) is 7.17. The van der Waals surface area contributed by atoms with Crippen molar-refractivity contribution in [3.63, 3.8) is 0 Å². The van der Waals surface area contributed by atoms with Gasteiger partial charge in [-0.15, -0.1) is 0 Å². The summed E-state index contributed by atoms with van der Waals surface area (Å²) in [7, 11) is 2.18. The summed E-state index contributed by atoms with van der Waals surface area (Å²) in [5.74, 6) is 1.01. The maximum absolute atomic E-state index is 4.22. The smallest absolute Gasteiger partial charge is 0.0241 e. The number of nitrogens with zero attached hydrogens (tertiary/aromatic N) is 1. The van der Waals surface area contributed by atoms with Crippen molar-refractivity contribution in [3.05, 3.63) is 34.3 Å². The van der Waals surface area contributed by atoms with Crippen LogP contribution in [0.2, 0.25) is 0 Å². The van der Waals surface area contributed by atoms with Gasteiger partial charge in [0.25, 0.3) is 0 Å².